The maximum absolute atomic E-state index is 13.7. The number of aryl methyl sites for hydroxylation is 1. The zero-order valence-corrected chi connectivity index (χ0v) is 19.2. The molecule has 0 aliphatic carbocycles. The first kappa shape index (κ1) is 23.0. The van der Waals surface area contributed by atoms with E-state index in [1.165, 1.54) is 16.3 Å². The van der Waals surface area contributed by atoms with Crippen molar-refractivity contribution in [2.45, 2.75) is 77.0 Å². The number of hydrogen-bond acceptors (Lipinski definition) is 6. The number of rotatable bonds is 7. The molecule has 0 bridgehead atoms. The third kappa shape index (κ3) is 4.83. The van der Waals surface area contributed by atoms with Gasteiger partial charge in [-0.3, -0.25) is 4.68 Å². The van der Waals surface area contributed by atoms with Crippen LogP contribution in [0.15, 0.2) is 11.1 Å². The Labute approximate surface area is 181 Å². The van der Waals surface area contributed by atoms with Gasteiger partial charge < -0.3 is 10.1 Å². The summed E-state index contributed by atoms with van der Waals surface area (Å²) >= 11 is 0. The van der Waals surface area contributed by atoms with E-state index in [0.29, 0.717) is 30.2 Å². The predicted molar refractivity (Wildman–Crippen MR) is 113 cm³/mol. The fraction of sp³-hybridized carbons (Fsp3) is 0.632. The molecule has 3 rings (SSSR count). The van der Waals surface area contributed by atoms with Crippen LogP contribution in [0.5, 0.6) is 5.88 Å². The molecule has 10 nitrogen and oxygen atoms in total. The summed E-state index contributed by atoms with van der Waals surface area (Å²) in [5.41, 5.74) is 1.58. The second-order valence-corrected chi connectivity index (χ2v) is 9.87. The molecule has 0 spiro atoms. The molecule has 2 amide bonds. The van der Waals surface area contributed by atoms with Crippen molar-refractivity contribution >= 4 is 21.7 Å². The Bertz CT molecular complexity index is 1060. The van der Waals surface area contributed by atoms with Crippen molar-refractivity contribution in [3.8, 4) is 5.88 Å². The van der Waals surface area contributed by atoms with Crippen molar-refractivity contribution in [2.75, 3.05) is 11.9 Å². The van der Waals surface area contributed by atoms with Gasteiger partial charge in [-0.2, -0.15) is 10.2 Å². The number of aromatic nitrogens is 4. The molecule has 1 aliphatic rings. The molecule has 0 fully saturated rings. The molecule has 3 heterocycles. The van der Waals surface area contributed by atoms with Crippen LogP contribution in [-0.4, -0.2) is 46.8 Å². The van der Waals surface area contributed by atoms with Crippen molar-refractivity contribution in [3.05, 3.63) is 17.6 Å². The first-order chi connectivity index (χ1) is 14.5. The maximum Gasteiger partial charge on any atom is 0.333 e. The Balaban J connectivity index is 1.89. The van der Waals surface area contributed by atoms with Crippen molar-refractivity contribution in [1.29, 1.82) is 0 Å². The highest BCUT2D eigenvalue weighted by atomic mass is 32.2. The molecule has 0 aromatic carbocycles. The molecule has 1 unspecified atom stereocenters. The maximum atomic E-state index is 13.7. The number of carbonyl (C=O) groups excluding carboxylic acids is 1. The Kier molecular flexibility index (Phi) is 6.58. The molecule has 2 N–H and O–H groups in total. The molecule has 1 atom stereocenters. The lowest BCUT2D eigenvalue weighted by Gasteiger charge is -2.17. The highest BCUT2D eigenvalue weighted by molar-refractivity contribution is 7.90. The highest BCUT2D eigenvalue weighted by Gasteiger charge is 2.30. The number of amides is 2. The number of carbonyl (C=O) groups is 1. The first-order valence-electron chi connectivity index (χ1n) is 10.3. The Morgan fingerprint density at radius 2 is 1.97 bits per heavy atom. The van der Waals surface area contributed by atoms with Crippen LogP contribution in [0.25, 0.3) is 0 Å². The topological polar surface area (TPSA) is 120 Å². The lowest BCUT2D eigenvalue weighted by atomic mass is 10.0. The van der Waals surface area contributed by atoms with Crippen LogP contribution in [0.3, 0.4) is 0 Å². The minimum atomic E-state index is -4.21. The van der Waals surface area contributed by atoms with Crippen LogP contribution >= 0.6 is 0 Å². The van der Waals surface area contributed by atoms with Gasteiger partial charge in [0, 0.05) is 13.0 Å². The van der Waals surface area contributed by atoms with Gasteiger partial charge in [-0.05, 0) is 18.8 Å². The van der Waals surface area contributed by atoms with Crippen molar-refractivity contribution in [2.24, 2.45) is 0 Å². The average molecular weight is 457 g/mol. The number of alkyl halides is 1. The number of urea groups is 1. The molecule has 12 heteroatoms. The van der Waals surface area contributed by atoms with E-state index in [0.717, 1.165) is 12.6 Å². The molecule has 172 valence electrons. The van der Waals surface area contributed by atoms with Gasteiger partial charge in [0.15, 0.2) is 4.90 Å². The molecular formula is C19H29FN6O4S. The molecule has 1 aliphatic heterocycles. The molecule has 2 aromatic heterocycles. The van der Waals surface area contributed by atoms with Crippen LogP contribution < -0.4 is 14.8 Å². The molecule has 0 saturated carbocycles. The van der Waals surface area contributed by atoms with Gasteiger partial charge in [0.1, 0.15) is 6.17 Å². The summed E-state index contributed by atoms with van der Waals surface area (Å²) in [7, 11) is -4.21. The largest absolute Gasteiger partial charge is 0.477 e. The SMILES string of the molecule is CC(F)Cn1nc(C(C)C)c(NC(=O)NS(=O)(=O)c2cnn3c2OCCC3)c1C(C)C. The number of halogens is 1. The lowest BCUT2D eigenvalue weighted by Crippen LogP contribution is -2.35. The van der Waals surface area contributed by atoms with Crippen molar-refractivity contribution < 1.29 is 22.3 Å². The van der Waals surface area contributed by atoms with E-state index in [1.54, 1.807) is 0 Å². The lowest BCUT2D eigenvalue weighted by molar-refractivity contribution is 0.224. The van der Waals surface area contributed by atoms with Crippen LogP contribution in [0.4, 0.5) is 14.9 Å². The summed E-state index contributed by atoms with van der Waals surface area (Å²) < 4.78 is 49.7. The Morgan fingerprint density at radius 3 is 2.58 bits per heavy atom. The number of sulfonamides is 1. The van der Waals surface area contributed by atoms with E-state index in [4.69, 9.17) is 4.74 Å². The number of anilines is 1. The van der Waals surface area contributed by atoms with Gasteiger partial charge in [-0.15, -0.1) is 0 Å². The van der Waals surface area contributed by atoms with Gasteiger partial charge in [0.25, 0.3) is 10.0 Å². The third-order valence-corrected chi connectivity index (χ3v) is 6.12. The second-order valence-electron chi connectivity index (χ2n) is 8.22. The van der Waals surface area contributed by atoms with Gasteiger partial charge >= 0.3 is 6.03 Å². The van der Waals surface area contributed by atoms with Crippen LogP contribution in [-0.2, 0) is 23.1 Å². The summed E-state index contributed by atoms with van der Waals surface area (Å²) in [4.78, 5) is 12.5. The van der Waals surface area contributed by atoms with E-state index in [-0.39, 0.29) is 29.2 Å². The summed E-state index contributed by atoms with van der Waals surface area (Å²) in [5.74, 6) is -0.0412. The van der Waals surface area contributed by atoms with E-state index in [9.17, 15) is 17.6 Å². The van der Waals surface area contributed by atoms with Gasteiger partial charge in [-0.1, -0.05) is 27.7 Å². The third-order valence-electron chi connectivity index (χ3n) is 4.80. The normalized spacial score (nSPS) is 15.0. The standard InChI is InChI=1S/C19H29FN6O4S/c1-11(2)15-16(17(12(3)4)26(23-15)10-13(5)20)22-19(27)24-31(28,29)14-9-21-25-7-6-8-30-18(14)25/h9,11-13H,6-8,10H2,1-5H3,(H2,22,24,27). The first-order valence-corrected chi connectivity index (χ1v) is 11.8. The molecule has 0 saturated heterocycles. The van der Waals surface area contributed by atoms with Gasteiger partial charge in [0.05, 0.1) is 36.4 Å². The molecular weight excluding hydrogens is 427 g/mol. The summed E-state index contributed by atoms with van der Waals surface area (Å²) in [6.45, 7) is 9.98. The van der Waals surface area contributed by atoms with Crippen molar-refractivity contribution in [3.63, 3.8) is 0 Å². The predicted octanol–water partition coefficient (Wildman–Crippen LogP) is 2.98. The Hall–Kier alpha value is -2.63. The number of hydrogen-bond donors (Lipinski definition) is 2. The molecule has 0 radical (unpaired) electrons. The minimum Gasteiger partial charge on any atom is -0.477 e. The van der Waals surface area contributed by atoms with E-state index >= 15 is 0 Å². The zero-order valence-electron chi connectivity index (χ0n) is 18.3. The van der Waals surface area contributed by atoms with Gasteiger partial charge in [0.2, 0.25) is 5.88 Å². The zero-order chi connectivity index (χ0) is 22.9. The highest BCUT2D eigenvalue weighted by Crippen LogP contribution is 2.33. The minimum absolute atomic E-state index is 0.0364. The van der Waals surface area contributed by atoms with Crippen LogP contribution in [0.1, 0.15) is 64.3 Å². The van der Waals surface area contributed by atoms with E-state index < -0.39 is 22.2 Å². The number of nitrogens with one attached hydrogen (secondary N) is 2. The molecule has 31 heavy (non-hydrogen) atoms. The average Bonchev–Trinajstić information content (AvgIpc) is 3.22. The van der Waals surface area contributed by atoms with Crippen LogP contribution in [0, 0.1) is 0 Å². The van der Waals surface area contributed by atoms with E-state index in [1.807, 2.05) is 32.4 Å². The van der Waals surface area contributed by atoms with Crippen molar-refractivity contribution in [1.82, 2.24) is 24.3 Å². The summed E-state index contributed by atoms with van der Waals surface area (Å²) in [5, 5.41) is 11.1. The fourth-order valence-electron chi connectivity index (χ4n) is 3.54. The van der Waals surface area contributed by atoms with Crippen LogP contribution in [0.2, 0.25) is 0 Å². The second kappa shape index (κ2) is 8.85. The van der Waals surface area contributed by atoms with E-state index in [2.05, 4.69) is 15.5 Å². The quantitative estimate of drug-likeness (QED) is 0.661. The number of nitrogens with zero attached hydrogens (tertiary/aromatic N) is 4. The number of fused-ring (bicyclic) bond motifs is 1. The summed E-state index contributed by atoms with van der Waals surface area (Å²) in [6, 6.07) is -0.938. The molecule has 2 aromatic rings. The smallest absolute Gasteiger partial charge is 0.333 e. The Morgan fingerprint density at radius 1 is 1.26 bits per heavy atom. The fourth-order valence-corrected chi connectivity index (χ4v) is 4.52. The van der Waals surface area contributed by atoms with Gasteiger partial charge in [-0.25, -0.2) is 27.0 Å². The summed E-state index contributed by atoms with van der Waals surface area (Å²) in [6.07, 6.45) is 0.753. The number of ether oxygens (including phenoxy) is 1. The monoisotopic (exact) mass is 456 g/mol.